The number of hydrogen-bond donors (Lipinski definition) is 0. The summed E-state index contributed by atoms with van der Waals surface area (Å²) < 4.78 is 8.62. The Morgan fingerprint density at radius 3 is 2.34 bits per heavy atom. The SMILES string of the molecule is CN1[CH-]N(c2[c-]c(Oc3[c-]c4c(cc3)c3ccccc3n4-c3ccccn3)cc(C(C)(C)C)c2)c2nccnc21.[Pt]. The second-order valence-electron chi connectivity index (χ2n) is 10.9. The third-order valence-corrected chi connectivity index (χ3v) is 7.12. The van der Waals surface area contributed by atoms with Crippen molar-refractivity contribution in [3.63, 3.8) is 0 Å². The number of anilines is 3. The number of aromatic nitrogens is 4. The molecule has 3 aromatic heterocycles. The number of nitrogens with zero attached hydrogens (tertiary/aromatic N) is 6. The maximum atomic E-state index is 6.49. The molecule has 0 saturated heterocycles. The van der Waals surface area contributed by atoms with Gasteiger partial charge < -0.3 is 19.1 Å². The minimum absolute atomic E-state index is 0. The summed E-state index contributed by atoms with van der Waals surface area (Å²) in [7, 11) is 1.96. The van der Waals surface area contributed by atoms with E-state index in [-0.39, 0.29) is 26.5 Å². The number of pyridine rings is 1. The predicted molar refractivity (Wildman–Crippen MR) is 158 cm³/mol. The summed E-state index contributed by atoms with van der Waals surface area (Å²) in [5.74, 6) is 3.58. The van der Waals surface area contributed by atoms with Crippen LogP contribution in [-0.4, -0.2) is 26.6 Å². The molecule has 0 aliphatic carbocycles. The molecule has 3 aromatic carbocycles. The first-order valence-electron chi connectivity index (χ1n) is 13.2. The largest absolute Gasteiger partial charge is 0.509 e. The van der Waals surface area contributed by atoms with Gasteiger partial charge in [-0.1, -0.05) is 56.2 Å². The maximum Gasteiger partial charge on any atom is 0.143 e. The predicted octanol–water partition coefficient (Wildman–Crippen LogP) is 7.36. The fourth-order valence-electron chi connectivity index (χ4n) is 5.12. The van der Waals surface area contributed by atoms with E-state index >= 15 is 0 Å². The molecule has 1 aliphatic rings. The summed E-state index contributed by atoms with van der Waals surface area (Å²) in [6.07, 6.45) is 5.21. The van der Waals surface area contributed by atoms with Crippen molar-refractivity contribution in [1.82, 2.24) is 19.5 Å². The van der Waals surface area contributed by atoms with E-state index in [4.69, 9.17) is 4.74 Å². The molecule has 6 aromatic rings. The summed E-state index contributed by atoms with van der Waals surface area (Å²) in [5, 5.41) is 2.23. The average Bonchev–Trinajstić information content (AvgIpc) is 3.47. The van der Waals surface area contributed by atoms with E-state index in [1.54, 1.807) is 18.6 Å². The van der Waals surface area contributed by atoms with Crippen molar-refractivity contribution in [2.24, 2.45) is 0 Å². The van der Waals surface area contributed by atoms with Crippen molar-refractivity contribution in [2.75, 3.05) is 16.8 Å². The Labute approximate surface area is 253 Å². The summed E-state index contributed by atoms with van der Waals surface area (Å²) in [5.41, 5.74) is 3.81. The first kappa shape index (κ1) is 27.0. The van der Waals surface area contributed by atoms with Gasteiger partial charge in [0.05, 0.1) is 0 Å². The van der Waals surface area contributed by atoms with Crippen molar-refractivity contribution in [3.05, 3.63) is 110 Å². The van der Waals surface area contributed by atoms with Gasteiger partial charge in [0.1, 0.15) is 17.5 Å². The fraction of sp³-hybridized carbons (Fsp3) is 0.152. The molecule has 0 atom stereocenters. The van der Waals surface area contributed by atoms with Crippen molar-refractivity contribution < 1.29 is 25.8 Å². The van der Waals surface area contributed by atoms with Crippen LogP contribution in [0.15, 0.2) is 85.3 Å². The van der Waals surface area contributed by atoms with Gasteiger partial charge in [-0.25, -0.2) is 15.0 Å². The Kier molecular flexibility index (Phi) is 6.78. The molecule has 41 heavy (non-hydrogen) atoms. The molecule has 208 valence electrons. The standard InChI is InChI=1S/C33H27N6O.Pt/c1-33(2,3)22-17-23(38-21-37(4)31-32(38)36-16-15-35-31)19-25(18-22)40-24-12-13-27-26-9-5-6-10-28(26)39(29(27)20-24)30-11-7-8-14-34-30;/h5-18,21H,1-4H3;/q-3;. The van der Waals surface area contributed by atoms with Gasteiger partial charge in [0.2, 0.25) is 0 Å². The molecule has 0 saturated carbocycles. The second-order valence-corrected chi connectivity index (χ2v) is 10.9. The molecular weight excluding hydrogens is 691 g/mol. The monoisotopic (exact) mass is 718 g/mol. The molecule has 7 rings (SSSR count). The van der Waals surface area contributed by atoms with Crippen LogP contribution in [0.2, 0.25) is 0 Å². The summed E-state index contributed by atoms with van der Waals surface area (Å²) in [6, 6.07) is 29.5. The van der Waals surface area contributed by atoms with E-state index in [0.29, 0.717) is 11.5 Å². The van der Waals surface area contributed by atoms with Gasteiger partial charge >= 0.3 is 0 Å². The molecule has 0 bridgehead atoms. The number of rotatable bonds is 4. The van der Waals surface area contributed by atoms with Crippen LogP contribution in [0.5, 0.6) is 11.5 Å². The van der Waals surface area contributed by atoms with Crippen LogP contribution in [0.3, 0.4) is 0 Å². The summed E-state index contributed by atoms with van der Waals surface area (Å²) in [6.45, 7) is 8.53. The first-order chi connectivity index (χ1) is 19.4. The molecule has 0 N–H and O–H groups in total. The number of fused-ring (bicyclic) bond motifs is 4. The molecule has 4 heterocycles. The maximum absolute atomic E-state index is 6.49. The zero-order valence-electron chi connectivity index (χ0n) is 23.1. The molecule has 0 unspecified atom stereocenters. The van der Waals surface area contributed by atoms with Crippen LogP contribution in [0.4, 0.5) is 17.3 Å². The van der Waals surface area contributed by atoms with Crippen LogP contribution >= 0.6 is 0 Å². The Morgan fingerprint density at radius 1 is 0.780 bits per heavy atom. The Bertz CT molecular complexity index is 1880. The van der Waals surface area contributed by atoms with Crippen molar-refractivity contribution >= 4 is 39.1 Å². The molecule has 0 amide bonds. The molecule has 8 heteroatoms. The van der Waals surface area contributed by atoms with Gasteiger partial charge in [-0.2, -0.15) is 6.07 Å². The van der Waals surface area contributed by atoms with E-state index in [1.807, 2.05) is 59.9 Å². The van der Waals surface area contributed by atoms with E-state index in [0.717, 1.165) is 50.5 Å². The second kappa shape index (κ2) is 10.3. The fourth-order valence-corrected chi connectivity index (χ4v) is 5.12. The van der Waals surface area contributed by atoms with E-state index in [2.05, 4.69) is 82.8 Å². The number of ether oxygens (including phenoxy) is 1. The van der Waals surface area contributed by atoms with Crippen molar-refractivity contribution in [3.8, 4) is 17.3 Å². The van der Waals surface area contributed by atoms with Gasteiger partial charge in [0.25, 0.3) is 0 Å². The average molecular weight is 719 g/mol. The number of benzene rings is 3. The molecular formula is C33H27N6OPt-3. The van der Waals surface area contributed by atoms with Gasteiger partial charge in [-0.3, -0.25) is 0 Å². The molecule has 1 aliphatic heterocycles. The zero-order valence-corrected chi connectivity index (χ0v) is 25.3. The van der Waals surface area contributed by atoms with Gasteiger partial charge in [-0.05, 0) is 36.0 Å². The number of para-hydroxylation sites is 1. The van der Waals surface area contributed by atoms with Gasteiger partial charge in [0, 0.05) is 56.7 Å². The van der Waals surface area contributed by atoms with Crippen molar-refractivity contribution in [1.29, 1.82) is 0 Å². The van der Waals surface area contributed by atoms with Crippen LogP contribution in [0.25, 0.3) is 27.6 Å². The van der Waals surface area contributed by atoms with Crippen LogP contribution in [0.1, 0.15) is 26.3 Å². The first-order valence-corrected chi connectivity index (χ1v) is 13.2. The van der Waals surface area contributed by atoms with Crippen molar-refractivity contribution in [2.45, 2.75) is 26.2 Å². The zero-order chi connectivity index (χ0) is 27.4. The Hall–Kier alpha value is -4.22. The molecule has 0 radical (unpaired) electrons. The quantitative estimate of drug-likeness (QED) is 0.178. The summed E-state index contributed by atoms with van der Waals surface area (Å²) in [4.78, 5) is 17.7. The van der Waals surface area contributed by atoms with E-state index < -0.39 is 0 Å². The Morgan fingerprint density at radius 2 is 1.56 bits per heavy atom. The third kappa shape index (κ3) is 4.74. The van der Waals surface area contributed by atoms with Gasteiger partial charge in [0.15, 0.2) is 0 Å². The smallest absolute Gasteiger partial charge is 0.143 e. The molecule has 0 spiro atoms. The van der Waals surface area contributed by atoms with E-state index in [9.17, 15) is 0 Å². The van der Waals surface area contributed by atoms with Crippen LogP contribution < -0.4 is 14.5 Å². The minimum Gasteiger partial charge on any atom is -0.509 e. The third-order valence-electron chi connectivity index (χ3n) is 7.12. The van der Waals surface area contributed by atoms with Crippen LogP contribution in [0, 0.1) is 18.8 Å². The van der Waals surface area contributed by atoms with Crippen LogP contribution in [-0.2, 0) is 26.5 Å². The topological polar surface area (TPSA) is 59.3 Å². The Balaban J connectivity index is 0.00000302. The number of hydrogen-bond acceptors (Lipinski definition) is 6. The minimum atomic E-state index is -0.113. The van der Waals surface area contributed by atoms with E-state index in [1.165, 1.54) is 0 Å². The summed E-state index contributed by atoms with van der Waals surface area (Å²) >= 11 is 0. The molecule has 0 fully saturated rings. The van der Waals surface area contributed by atoms with Gasteiger partial charge in [-0.15, -0.1) is 48.0 Å². The molecule has 7 nitrogen and oxygen atoms in total. The normalized spacial score (nSPS) is 13.0.